The molecule has 1 saturated heterocycles. The van der Waals surface area contributed by atoms with Crippen LogP contribution in [0.1, 0.15) is 18.4 Å². The lowest BCUT2D eigenvalue weighted by atomic mass is 10.1. The number of hydrogen-bond donors (Lipinski definition) is 0. The van der Waals surface area contributed by atoms with Crippen LogP contribution >= 0.6 is 0 Å². The summed E-state index contributed by atoms with van der Waals surface area (Å²) in [6.07, 6.45) is 1.74. The van der Waals surface area contributed by atoms with Crippen LogP contribution in [0.5, 0.6) is 0 Å². The molecule has 0 bridgehead atoms. The predicted molar refractivity (Wildman–Crippen MR) is 85.2 cm³/mol. The third-order valence-electron chi connectivity index (χ3n) is 4.11. The van der Waals surface area contributed by atoms with Crippen molar-refractivity contribution < 1.29 is 12.8 Å². The lowest BCUT2D eigenvalue weighted by molar-refractivity contribution is 0.198. The third kappa shape index (κ3) is 3.23. The Morgan fingerprint density at radius 2 is 2.14 bits per heavy atom. The van der Waals surface area contributed by atoms with E-state index in [1.54, 1.807) is 6.20 Å². The van der Waals surface area contributed by atoms with E-state index in [2.05, 4.69) is 9.88 Å². The maximum absolute atomic E-state index is 11.6. The van der Waals surface area contributed by atoms with Gasteiger partial charge in [-0.15, -0.1) is 0 Å². The molecule has 22 heavy (non-hydrogen) atoms. The molecule has 0 N–H and O–H groups in total. The number of rotatable bonds is 3. The minimum absolute atomic E-state index is 0.00689. The minimum atomic E-state index is -2.89. The van der Waals surface area contributed by atoms with Crippen LogP contribution in [0.15, 0.2) is 34.9 Å². The second kappa shape index (κ2) is 5.85. The molecule has 0 amide bonds. The molecule has 0 unspecified atom stereocenters. The first kappa shape index (κ1) is 15.2. The van der Waals surface area contributed by atoms with Crippen molar-refractivity contribution in [3.8, 4) is 11.3 Å². The Hall–Kier alpha value is -1.66. The molecule has 0 aliphatic carbocycles. The van der Waals surface area contributed by atoms with Crippen LogP contribution < -0.4 is 0 Å². The third-order valence-corrected chi connectivity index (χ3v) is 5.91. The van der Waals surface area contributed by atoms with Crippen molar-refractivity contribution in [3.63, 3.8) is 0 Å². The van der Waals surface area contributed by atoms with Crippen molar-refractivity contribution >= 4 is 9.84 Å². The van der Waals surface area contributed by atoms with Crippen molar-refractivity contribution in [3.05, 3.63) is 41.9 Å². The van der Waals surface area contributed by atoms with Crippen LogP contribution in [0.2, 0.25) is 0 Å². The average Bonchev–Trinajstić information content (AvgIpc) is 2.90. The number of sulfone groups is 1. The Bertz CT molecular complexity index is 767. The zero-order valence-corrected chi connectivity index (χ0v) is 13.6. The van der Waals surface area contributed by atoms with E-state index in [9.17, 15) is 8.42 Å². The van der Waals surface area contributed by atoms with E-state index in [1.807, 2.05) is 38.1 Å². The lowest BCUT2D eigenvalue weighted by Crippen LogP contribution is -2.46. The summed E-state index contributed by atoms with van der Waals surface area (Å²) in [7, 11) is -2.89. The Balaban J connectivity index is 1.74. The zero-order valence-electron chi connectivity index (χ0n) is 12.8. The summed E-state index contributed by atoms with van der Waals surface area (Å²) in [4.78, 5) is 6.45. The highest BCUT2D eigenvalue weighted by molar-refractivity contribution is 7.91. The van der Waals surface area contributed by atoms with Crippen LogP contribution in [0, 0.1) is 6.92 Å². The van der Waals surface area contributed by atoms with Gasteiger partial charge in [0.2, 0.25) is 5.89 Å². The van der Waals surface area contributed by atoms with E-state index in [4.69, 9.17) is 4.42 Å². The molecule has 0 radical (unpaired) electrons. The number of benzene rings is 1. The standard InChI is InChI=1S/C16H20N2O3S/c1-12-5-3-4-6-14(12)15-9-17-16(21-15)10-18-7-8-22(19,20)11-13(18)2/h3-6,9,13H,7-8,10-11H2,1-2H3/t13-/m0/s1. The quantitative estimate of drug-likeness (QED) is 0.868. The molecule has 1 aromatic carbocycles. The normalized spacial score (nSPS) is 21.8. The molecule has 118 valence electrons. The maximum atomic E-state index is 11.6. The first-order valence-electron chi connectivity index (χ1n) is 7.40. The number of hydrogen-bond acceptors (Lipinski definition) is 5. The number of oxazole rings is 1. The monoisotopic (exact) mass is 320 g/mol. The van der Waals surface area contributed by atoms with Crippen molar-refractivity contribution in [2.24, 2.45) is 0 Å². The topological polar surface area (TPSA) is 63.4 Å². The van der Waals surface area contributed by atoms with Crippen LogP contribution in [0.3, 0.4) is 0 Å². The molecule has 5 nitrogen and oxygen atoms in total. The molecule has 0 spiro atoms. The summed E-state index contributed by atoms with van der Waals surface area (Å²) >= 11 is 0. The van der Waals surface area contributed by atoms with Crippen LogP contribution in [-0.4, -0.2) is 42.4 Å². The van der Waals surface area contributed by atoms with E-state index in [1.165, 1.54) is 0 Å². The van der Waals surface area contributed by atoms with Crippen molar-refractivity contribution in [1.29, 1.82) is 0 Å². The van der Waals surface area contributed by atoms with Gasteiger partial charge < -0.3 is 4.42 Å². The fourth-order valence-corrected chi connectivity index (χ4v) is 4.42. The van der Waals surface area contributed by atoms with Gasteiger partial charge in [0.25, 0.3) is 0 Å². The zero-order chi connectivity index (χ0) is 15.7. The van der Waals surface area contributed by atoms with Gasteiger partial charge in [-0.3, -0.25) is 4.90 Å². The summed E-state index contributed by atoms with van der Waals surface area (Å²) in [5.74, 6) is 1.80. The highest BCUT2D eigenvalue weighted by Gasteiger charge is 2.28. The van der Waals surface area contributed by atoms with Crippen LogP contribution in [0.4, 0.5) is 0 Å². The smallest absolute Gasteiger partial charge is 0.209 e. The number of aryl methyl sites for hydroxylation is 1. The molecule has 0 saturated carbocycles. The summed E-state index contributed by atoms with van der Waals surface area (Å²) in [6.45, 7) is 5.05. The Kier molecular flexibility index (Phi) is 4.06. The second-order valence-corrected chi connectivity index (χ2v) is 8.10. The average molecular weight is 320 g/mol. The Morgan fingerprint density at radius 3 is 2.86 bits per heavy atom. The Labute approximate surface area is 130 Å². The molecule has 3 rings (SSSR count). The molecular weight excluding hydrogens is 300 g/mol. The van der Waals surface area contributed by atoms with E-state index >= 15 is 0 Å². The van der Waals surface area contributed by atoms with Gasteiger partial charge in [0.1, 0.15) is 0 Å². The fraction of sp³-hybridized carbons (Fsp3) is 0.438. The van der Waals surface area contributed by atoms with E-state index < -0.39 is 9.84 Å². The van der Waals surface area contributed by atoms with E-state index in [0.717, 1.165) is 16.9 Å². The highest BCUT2D eigenvalue weighted by atomic mass is 32.2. The van der Waals surface area contributed by atoms with E-state index in [0.29, 0.717) is 19.0 Å². The summed E-state index contributed by atoms with van der Waals surface area (Å²) in [5.41, 5.74) is 2.18. The van der Waals surface area contributed by atoms with Crippen LogP contribution in [-0.2, 0) is 16.4 Å². The molecule has 1 aliphatic rings. The van der Waals surface area contributed by atoms with Gasteiger partial charge in [0.05, 0.1) is 24.2 Å². The van der Waals surface area contributed by atoms with Gasteiger partial charge in [0.15, 0.2) is 15.6 Å². The number of aromatic nitrogens is 1. The molecular formula is C16H20N2O3S. The molecule has 1 fully saturated rings. The van der Waals surface area contributed by atoms with Gasteiger partial charge in [-0.25, -0.2) is 13.4 Å². The first-order valence-corrected chi connectivity index (χ1v) is 9.22. The summed E-state index contributed by atoms with van der Waals surface area (Å²) in [5, 5.41) is 0. The van der Waals surface area contributed by atoms with Gasteiger partial charge in [-0.2, -0.15) is 0 Å². The largest absolute Gasteiger partial charge is 0.439 e. The van der Waals surface area contributed by atoms with Gasteiger partial charge in [0, 0.05) is 18.2 Å². The Morgan fingerprint density at radius 1 is 1.36 bits per heavy atom. The molecule has 1 aromatic heterocycles. The lowest BCUT2D eigenvalue weighted by Gasteiger charge is -2.31. The van der Waals surface area contributed by atoms with Crippen molar-refractivity contribution in [1.82, 2.24) is 9.88 Å². The second-order valence-electron chi connectivity index (χ2n) is 5.87. The van der Waals surface area contributed by atoms with Gasteiger partial charge in [-0.05, 0) is 19.4 Å². The first-order chi connectivity index (χ1) is 10.4. The highest BCUT2D eigenvalue weighted by Crippen LogP contribution is 2.24. The van der Waals surface area contributed by atoms with Gasteiger partial charge in [-0.1, -0.05) is 24.3 Å². The van der Waals surface area contributed by atoms with E-state index in [-0.39, 0.29) is 17.5 Å². The maximum Gasteiger partial charge on any atom is 0.209 e. The molecule has 6 heteroatoms. The molecule has 1 aliphatic heterocycles. The van der Waals surface area contributed by atoms with Crippen LogP contribution in [0.25, 0.3) is 11.3 Å². The van der Waals surface area contributed by atoms with Gasteiger partial charge >= 0.3 is 0 Å². The SMILES string of the molecule is Cc1ccccc1-c1cnc(CN2CCS(=O)(=O)C[C@@H]2C)o1. The molecule has 2 heterocycles. The number of nitrogens with zero attached hydrogens (tertiary/aromatic N) is 2. The summed E-state index contributed by atoms with van der Waals surface area (Å²) < 4.78 is 29.1. The van der Waals surface area contributed by atoms with Crippen molar-refractivity contribution in [2.45, 2.75) is 26.4 Å². The minimum Gasteiger partial charge on any atom is -0.439 e. The summed E-state index contributed by atoms with van der Waals surface area (Å²) in [6, 6.07) is 8.01. The predicted octanol–water partition coefficient (Wildman–Crippen LogP) is 2.27. The molecule has 2 aromatic rings. The fourth-order valence-electron chi connectivity index (χ4n) is 2.80. The molecule has 1 atom stereocenters. The van der Waals surface area contributed by atoms with Crippen molar-refractivity contribution in [2.75, 3.05) is 18.1 Å².